The van der Waals surface area contributed by atoms with Crippen LogP contribution in [-0.4, -0.2) is 40.7 Å². The van der Waals surface area contributed by atoms with Gasteiger partial charge >= 0.3 is 0 Å². The zero-order valence-electron chi connectivity index (χ0n) is 14.3. The molecule has 0 radical (unpaired) electrons. The van der Waals surface area contributed by atoms with Crippen molar-refractivity contribution in [2.45, 2.75) is 6.54 Å². The molecule has 0 saturated carbocycles. The Labute approximate surface area is 163 Å². The summed E-state index contributed by atoms with van der Waals surface area (Å²) in [6.45, 7) is 0.0299. The van der Waals surface area contributed by atoms with E-state index in [1.807, 2.05) is 17.5 Å². The van der Waals surface area contributed by atoms with Gasteiger partial charge in [-0.3, -0.25) is 19.3 Å². The SMILES string of the molecule is COc1cc(/C=C2\SC(=O)N(CC(=O)NCc3cccs3)C2=O)ccc1O. The number of phenolic OH excluding ortho intramolecular Hbond substituents is 1. The Hall–Kier alpha value is -2.78. The molecule has 1 aromatic heterocycles. The van der Waals surface area contributed by atoms with E-state index in [-0.39, 0.29) is 22.9 Å². The molecule has 0 spiro atoms. The van der Waals surface area contributed by atoms with Crippen LogP contribution >= 0.6 is 23.1 Å². The fourth-order valence-corrected chi connectivity index (χ4v) is 3.85. The lowest BCUT2D eigenvalue weighted by molar-refractivity contribution is -0.129. The predicted octanol–water partition coefficient (Wildman–Crippen LogP) is 2.82. The number of phenols is 1. The number of hydrogen-bond acceptors (Lipinski definition) is 7. The highest BCUT2D eigenvalue weighted by Crippen LogP contribution is 2.34. The molecule has 0 aliphatic carbocycles. The molecule has 1 fully saturated rings. The number of aromatic hydroxyl groups is 1. The topological polar surface area (TPSA) is 95.9 Å². The van der Waals surface area contributed by atoms with Gasteiger partial charge in [0, 0.05) is 4.88 Å². The van der Waals surface area contributed by atoms with Gasteiger partial charge in [-0.1, -0.05) is 12.1 Å². The van der Waals surface area contributed by atoms with Crippen LogP contribution in [0, 0.1) is 0 Å². The summed E-state index contributed by atoms with van der Waals surface area (Å²) in [6, 6.07) is 8.36. The third kappa shape index (κ3) is 4.50. The standard InChI is InChI=1S/C18H16N2O5S2/c1-25-14-7-11(4-5-13(14)21)8-15-17(23)20(18(24)27-15)10-16(22)19-9-12-3-2-6-26-12/h2-8,21H,9-10H2,1H3,(H,19,22)/b15-8-. The van der Waals surface area contributed by atoms with Crippen LogP contribution in [-0.2, 0) is 16.1 Å². The number of carbonyl (C=O) groups excluding carboxylic acids is 3. The van der Waals surface area contributed by atoms with Crippen molar-refractivity contribution in [1.29, 1.82) is 0 Å². The van der Waals surface area contributed by atoms with Gasteiger partial charge in [0.05, 0.1) is 18.6 Å². The van der Waals surface area contributed by atoms with Crippen molar-refractivity contribution in [2.24, 2.45) is 0 Å². The number of benzene rings is 1. The molecule has 140 valence electrons. The molecule has 27 heavy (non-hydrogen) atoms. The zero-order valence-corrected chi connectivity index (χ0v) is 15.9. The minimum Gasteiger partial charge on any atom is -0.504 e. The fraction of sp³-hybridized carbons (Fsp3) is 0.167. The van der Waals surface area contributed by atoms with Gasteiger partial charge in [-0.25, -0.2) is 0 Å². The number of hydrogen-bond donors (Lipinski definition) is 2. The summed E-state index contributed by atoms with van der Waals surface area (Å²) in [6.07, 6.45) is 1.52. The third-order valence-corrected chi connectivity index (χ3v) is 5.50. The van der Waals surface area contributed by atoms with Gasteiger partial charge < -0.3 is 15.2 Å². The van der Waals surface area contributed by atoms with Crippen LogP contribution < -0.4 is 10.1 Å². The van der Waals surface area contributed by atoms with Crippen molar-refractivity contribution in [2.75, 3.05) is 13.7 Å². The number of carbonyl (C=O) groups is 3. The molecular formula is C18H16N2O5S2. The summed E-state index contributed by atoms with van der Waals surface area (Å²) in [4.78, 5) is 38.7. The number of methoxy groups -OCH3 is 1. The minimum atomic E-state index is -0.525. The maximum Gasteiger partial charge on any atom is 0.294 e. The first-order chi connectivity index (χ1) is 13.0. The highest BCUT2D eigenvalue weighted by molar-refractivity contribution is 8.18. The van der Waals surface area contributed by atoms with Gasteiger partial charge in [-0.15, -0.1) is 11.3 Å². The second-order valence-electron chi connectivity index (χ2n) is 5.56. The molecule has 2 N–H and O–H groups in total. The van der Waals surface area contributed by atoms with Gasteiger partial charge in [0.1, 0.15) is 6.54 Å². The van der Waals surface area contributed by atoms with Crippen molar-refractivity contribution in [1.82, 2.24) is 10.2 Å². The molecule has 9 heteroatoms. The van der Waals surface area contributed by atoms with Gasteiger partial charge in [0.2, 0.25) is 5.91 Å². The number of ether oxygens (including phenoxy) is 1. The van der Waals surface area contributed by atoms with E-state index in [1.165, 1.54) is 30.6 Å². The molecule has 2 heterocycles. The summed E-state index contributed by atoms with van der Waals surface area (Å²) in [5.41, 5.74) is 0.595. The first kappa shape index (κ1) is 19.0. The van der Waals surface area contributed by atoms with Gasteiger partial charge in [-0.2, -0.15) is 0 Å². The quantitative estimate of drug-likeness (QED) is 0.719. The molecule has 1 aliphatic heterocycles. The van der Waals surface area contributed by atoms with E-state index in [0.29, 0.717) is 12.1 Å². The first-order valence-electron chi connectivity index (χ1n) is 7.89. The summed E-state index contributed by atoms with van der Waals surface area (Å²) in [5, 5.41) is 13.7. The Morgan fingerprint density at radius 1 is 1.33 bits per heavy atom. The van der Waals surface area contributed by atoms with Gasteiger partial charge in [-0.05, 0) is 47.0 Å². The Balaban J connectivity index is 1.66. The third-order valence-electron chi connectivity index (χ3n) is 3.72. The molecule has 7 nitrogen and oxygen atoms in total. The number of thiophene rings is 1. The lowest BCUT2D eigenvalue weighted by atomic mass is 10.2. The minimum absolute atomic E-state index is 0.0230. The maximum atomic E-state index is 12.5. The van der Waals surface area contributed by atoms with Crippen LogP contribution in [0.1, 0.15) is 10.4 Å². The molecule has 2 aromatic rings. The second-order valence-corrected chi connectivity index (χ2v) is 7.58. The van der Waals surface area contributed by atoms with E-state index in [0.717, 1.165) is 21.5 Å². The van der Waals surface area contributed by atoms with Crippen LogP contribution in [0.2, 0.25) is 0 Å². The van der Waals surface area contributed by atoms with E-state index in [2.05, 4.69) is 5.32 Å². The zero-order chi connectivity index (χ0) is 19.4. The molecule has 1 aromatic carbocycles. The average molecular weight is 404 g/mol. The predicted molar refractivity (Wildman–Crippen MR) is 104 cm³/mol. The number of rotatable bonds is 6. The van der Waals surface area contributed by atoms with Crippen molar-refractivity contribution >= 4 is 46.2 Å². The highest BCUT2D eigenvalue weighted by Gasteiger charge is 2.36. The Kier molecular flexibility index (Phi) is 5.82. The summed E-state index contributed by atoms with van der Waals surface area (Å²) >= 11 is 2.28. The van der Waals surface area contributed by atoms with Crippen LogP contribution in [0.4, 0.5) is 4.79 Å². The molecule has 0 unspecified atom stereocenters. The number of thioether (sulfide) groups is 1. The summed E-state index contributed by atoms with van der Waals surface area (Å²) < 4.78 is 5.03. The van der Waals surface area contributed by atoms with Crippen LogP contribution in [0.3, 0.4) is 0 Å². The van der Waals surface area contributed by atoms with E-state index < -0.39 is 17.1 Å². The Bertz CT molecular complexity index is 908. The molecule has 3 amide bonds. The van der Waals surface area contributed by atoms with Crippen molar-refractivity contribution in [3.8, 4) is 11.5 Å². The van der Waals surface area contributed by atoms with Crippen LogP contribution in [0.15, 0.2) is 40.6 Å². The molecule has 0 bridgehead atoms. The number of nitrogens with zero attached hydrogens (tertiary/aromatic N) is 1. The molecule has 3 rings (SSSR count). The van der Waals surface area contributed by atoms with E-state index in [4.69, 9.17) is 4.74 Å². The fourth-order valence-electron chi connectivity index (χ4n) is 2.37. The van der Waals surface area contributed by atoms with E-state index in [1.54, 1.807) is 12.1 Å². The van der Waals surface area contributed by atoms with Crippen LogP contribution in [0.25, 0.3) is 6.08 Å². The normalized spacial score (nSPS) is 15.4. The van der Waals surface area contributed by atoms with Gasteiger partial charge in [0.25, 0.3) is 11.1 Å². The van der Waals surface area contributed by atoms with Gasteiger partial charge in [0.15, 0.2) is 11.5 Å². The largest absolute Gasteiger partial charge is 0.504 e. The van der Waals surface area contributed by atoms with Crippen molar-refractivity contribution < 1.29 is 24.2 Å². The number of amides is 3. The summed E-state index contributed by atoms with van der Waals surface area (Å²) in [7, 11) is 1.42. The van der Waals surface area contributed by atoms with Crippen molar-refractivity contribution in [3.63, 3.8) is 0 Å². The Morgan fingerprint density at radius 3 is 2.85 bits per heavy atom. The summed E-state index contributed by atoms with van der Waals surface area (Å²) in [5.74, 6) is -0.692. The smallest absolute Gasteiger partial charge is 0.294 e. The lowest BCUT2D eigenvalue weighted by Crippen LogP contribution is -2.39. The lowest BCUT2D eigenvalue weighted by Gasteiger charge is -2.12. The first-order valence-corrected chi connectivity index (χ1v) is 9.59. The van der Waals surface area contributed by atoms with E-state index in [9.17, 15) is 19.5 Å². The monoisotopic (exact) mass is 404 g/mol. The molecule has 1 saturated heterocycles. The average Bonchev–Trinajstić information content (AvgIpc) is 3.26. The Morgan fingerprint density at radius 2 is 2.15 bits per heavy atom. The highest BCUT2D eigenvalue weighted by atomic mass is 32.2. The number of nitrogens with one attached hydrogen (secondary N) is 1. The van der Waals surface area contributed by atoms with Crippen LogP contribution in [0.5, 0.6) is 11.5 Å². The number of imide groups is 1. The molecule has 1 aliphatic rings. The maximum absolute atomic E-state index is 12.5. The molecular weight excluding hydrogens is 388 g/mol. The van der Waals surface area contributed by atoms with E-state index >= 15 is 0 Å². The second kappa shape index (κ2) is 8.28. The molecule has 0 atom stereocenters. The van der Waals surface area contributed by atoms with Crippen molar-refractivity contribution in [3.05, 3.63) is 51.1 Å².